The average Bonchev–Trinajstić information content (AvgIpc) is 2.36. The average molecular weight is 271 g/mol. The Kier molecular flexibility index (Phi) is 4.19. The van der Waals surface area contributed by atoms with Crippen LogP contribution in [0.15, 0.2) is 18.2 Å². The van der Waals surface area contributed by atoms with E-state index in [4.69, 9.17) is 11.6 Å². The van der Waals surface area contributed by atoms with Gasteiger partial charge >= 0.3 is 0 Å². The Morgan fingerprint density at radius 1 is 1.56 bits per heavy atom. The van der Waals surface area contributed by atoms with Gasteiger partial charge in [-0.3, -0.25) is 4.79 Å². The maximum absolute atomic E-state index is 13.0. The minimum atomic E-state index is -0.432. The molecule has 1 N–H and O–H groups in total. The number of amides is 1. The number of carbonyl (C=O) groups excluding carboxylic acids is 1. The van der Waals surface area contributed by atoms with Gasteiger partial charge in [0, 0.05) is 19.6 Å². The third kappa shape index (κ3) is 2.82. The molecular weight excluding hydrogens is 255 g/mol. The molecule has 1 heterocycles. The molecule has 0 bridgehead atoms. The first-order valence-corrected chi connectivity index (χ1v) is 6.45. The van der Waals surface area contributed by atoms with Crippen LogP contribution in [0, 0.1) is 5.82 Å². The normalized spacial score (nSPS) is 20.3. The molecule has 98 valence electrons. The number of rotatable bonds is 3. The van der Waals surface area contributed by atoms with Gasteiger partial charge in [-0.05, 0) is 24.1 Å². The molecule has 1 fully saturated rings. The Morgan fingerprint density at radius 2 is 2.33 bits per heavy atom. The van der Waals surface area contributed by atoms with E-state index >= 15 is 0 Å². The van der Waals surface area contributed by atoms with Crippen molar-refractivity contribution >= 4 is 17.5 Å². The summed E-state index contributed by atoms with van der Waals surface area (Å²) in [5.41, 5.74) is 0.853. The van der Waals surface area contributed by atoms with Gasteiger partial charge in [0.15, 0.2) is 0 Å². The number of benzene rings is 1. The Morgan fingerprint density at radius 3 is 3.00 bits per heavy atom. The molecule has 1 aliphatic heterocycles. The van der Waals surface area contributed by atoms with E-state index in [0.29, 0.717) is 13.1 Å². The first-order chi connectivity index (χ1) is 8.61. The predicted octanol–water partition coefficient (Wildman–Crippen LogP) is 2.19. The zero-order chi connectivity index (χ0) is 13.1. The predicted molar refractivity (Wildman–Crippen MR) is 68.9 cm³/mol. The number of hydrogen-bond acceptors (Lipinski definition) is 2. The zero-order valence-corrected chi connectivity index (χ0v) is 11.0. The van der Waals surface area contributed by atoms with Gasteiger partial charge in [-0.15, -0.1) is 0 Å². The van der Waals surface area contributed by atoms with Crippen molar-refractivity contribution in [2.24, 2.45) is 0 Å². The largest absolute Gasteiger partial charge is 0.336 e. The number of halogens is 2. The third-order valence-corrected chi connectivity index (χ3v) is 3.44. The van der Waals surface area contributed by atoms with Crippen LogP contribution >= 0.6 is 11.6 Å². The molecule has 18 heavy (non-hydrogen) atoms. The lowest BCUT2D eigenvalue weighted by Crippen LogP contribution is -2.54. The highest BCUT2D eigenvalue weighted by atomic mass is 35.5. The summed E-state index contributed by atoms with van der Waals surface area (Å²) in [4.78, 5) is 13.9. The van der Waals surface area contributed by atoms with Crippen LogP contribution in [0.2, 0.25) is 5.02 Å². The maximum atomic E-state index is 13.0. The highest BCUT2D eigenvalue weighted by molar-refractivity contribution is 6.30. The smallest absolute Gasteiger partial charge is 0.240 e. The van der Waals surface area contributed by atoms with Gasteiger partial charge in [0.2, 0.25) is 5.91 Å². The fourth-order valence-electron chi connectivity index (χ4n) is 2.13. The molecule has 1 aliphatic rings. The summed E-state index contributed by atoms with van der Waals surface area (Å²) in [5, 5.41) is 3.28. The lowest BCUT2D eigenvalue weighted by Gasteiger charge is -2.32. The van der Waals surface area contributed by atoms with E-state index in [9.17, 15) is 9.18 Å². The van der Waals surface area contributed by atoms with Gasteiger partial charge < -0.3 is 10.2 Å². The molecule has 3 nitrogen and oxygen atoms in total. The topological polar surface area (TPSA) is 32.3 Å². The fraction of sp³-hybridized carbons (Fsp3) is 0.462. The van der Waals surface area contributed by atoms with E-state index in [0.717, 1.165) is 18.5 Å². The van der Waals surface area contributed by atoms with Crippen LogP contribution in [0.25, 0.3) is 0 Å². The number of hydrogen-bond donors (Lipinski definition) is 1. The van der Waals surface area contributed by atoms with Crippen molar-refractivity contribution < 1.29 is 9.18 Å². The van der Waals surface area contributed by atoms with Crippen molar-refractivity contribution in [1.29, 1.82) is 0 Å². The lowest BCUT2D eigenvalue weighted by atomic mass is 10.1. The third-order valence-electron chi connectivity index (χ3n) is 3.15. The molecule has 1 unspecified atom stereocenters. The van der Waals surface area contributed by atoms with Gasteiger partial charge in [0.1, 0.15) is 5.82 Å². The number of nitrogens with zero attached hydrogens (tertiary/aromatic N) is 1. The van der Waals surface area contributed by atoms with Crippen molar-refractivity contribution in [3.8, 4) is 0 Å². The second-order valence-corrected chi connectivity index (χ2v) is 4.83. The number of carbonyl (C=O) groups is 1. The van der Waals surface area contributed by atoms with E-state index < -0.39 is 5.82 Å². The van der Waals surface area contributed by atoms with Crippen LogP contribution in [-0.4, -0.2) is 29.9 Å². The first kappa shape index (κ1) is 13.3. The molecule has 0 saturated carbocycles. The minimum Gasteiger partial charge on any atom is -0.336 e. The van der Waals surface area contributed by atoms with Gasteiger partial charge in [-0.25, -0.2) is 4.39 Å². The zero-order valence-electron chi connectivity index (χ0n) is 10.2. The van der Waals surface area contributed by atoms with Crippen LogP contribution in [0.3, 0.4) is 0 Å². The summed E-state index contributed by atoms with van der Waals surface area (Å²) in [5.74, 6) is -0.331. The highest BCUT2D eigenvalue weighted by Crippen LogP contribution is 2.18. The Hall–Kier alpha value is -1.13. The molecule has 5 heteroatoms. The summed E-state index contributed by atoms with van der Waals surface area (Å²) in [6.45, 7) is 3.92. The van der Waals surface area contributed by atoms with Crippen LogP contribution in [0.4, 0.5) is 4.39 Å². The van der Waals surface area contributed by atoms with Crippen LogP contribution in [0.5, 0.6) is 0 Å². The van der Waals surface area contributed by atoms with Gasteiger partial charge in [0.25, 0.3) is 0 Å². The van der Waals surface area contributed by atoms with Crippen molar-refractivity contribution in [3.05, 3.63) is 34.6 Å². The number of piperazine rings is 1. The van der Waals surface area contributed by atoms with Crippen LogP contribution in [0.1, 0.15) is 18.9 Å². The fourth-order valence-corrected chi connectivity index (χ4v) is 2.33. The van der Waals surface area contributed by atoms with Gasteiger partial charge in [-0.2, -0.15) is 0 Å². The van der Waals surface area contributed by atoms with Crippen LogP contribution in [-0.2, 0) is 11.3 Å². The maximum Gasteiger partial charge on any atom is 0.240 e. The molecule has 0 spiro atoms. The van der Waals surface area contributed by atoms with Gasteiger partial charge in [0.05, 0.1) is 11.1 Å². The van der Waals surface area contributed by atoms with E-state index in [-0.39, 0.29) is 17.0 Å². The molecule has 0 radical (unpaired) electrons. The SMILES string of the molecule is CCC1NCCN(Cc2ccc(F)c(Cl)c2)C1=O. The molecule has 0 aliphatic carbocycles. The summed E-state index contributed by atoms with van der Waals surface area (Å²) in [7, 11) is 0. The lowest BCUT2D eigenvalue weighted by molar-refractivity contribution is -0.136. The summed E-state index contributed by atoms with van der Waals surface area (Å²) >= 11 is 5.73. The molecule has 1 aromatic rings. The number of nitrogens with one attached hydrogen (secondary N) is 1. The first-order valence-electron chi connectivity index (χ1n) is 6.08. The Labute approximate surface area is 111 Å². The van der Waals surface area contributed by atoms with E-state index in [1.165, 1.54) is 6.07 Å². The molecule has 1 saturated heterocycles. The van der Waals surface area contributed by atoms with Crippen molar-refractivity contribution in [1.82, 2.24) is 10.2 Å². The van der Waals surface area contributed by atoms with Gasteiger partial charge in [-0.1, -0.05) is 24.6 Å². The van der Waals surface area contributed by atoms with Crippen LogP contribution < -0.4 is 5.32 Å². The summed E-state index contributed by atoms with van der Waals surface area (Å²) in [6.07, 6.45) is 0.777. The van der Waals surface area contributed by atoms with E-state index in [2.05, 4.69) is 5.32 Å². The molecule has 1 amide bonds. The summed E-state index contributed by atoms with van der Waals surface area (Å²) in [6, 6.07) is 4.47. The quantitative estimate of drug-likeness (QED) is 0.913. The standard InChI is InChI=1S/C13H16ClFN2O/c1-2-12-13(18)17(6-5-16-12)8-9-3-4-11(15)10(14)7-9/h3-4,7,12,16H,2,5-6,8H2,1H3. The molecule has 1 aromatic carbocycles. The monoisotopic (exact) mass is 270 g/mol. The minimum absolute atomic E-state index is 0.0992. The molecule has 1 atom stereocenters. The second kappa shape index (κ2) is 5.67. The molecular formula is C13H16ClFN2O. The Balaban J connectivity index is 2.08. The summed E-state index contributed by atoms with van der Waals surface area (Å²) < 4.78 is 13.0. The van der Waals surface area contributed by atoms with Crippen molar-refractivity contribution in [2.75, 3.05) is 13.1 Å². The Bertz CT molecular complexity index is 453. The molecule has 0 aromatic heterocycles. The molecule has 2 rings (SSSR count). The second-order valence-electron chi connectivity index (χ2n) is 4.42. The van der Waals surface area contributed by atoms with E-state index in [1.54, 1.807) is 17.0 Å². The van der Waals surface area contributed by atoms with E-state index in [1.807, 2.05) is 6.92 Å². The highest BCUT2D eigenvalue weighted by Gasteiger charge is 2.26. The van der Waals surface area contributed by atoms with Crippen molar-refractivity contribution in [2.45, 2.75) is 25.9 Å². The van der Waals surface area contributed by atoms with Crippen molar-refractivity contribution in [3.63, 3.8) is 0 Å².